The lowest BCUT2D eigenvalue weighted by Crippen LogP contribution is -2.43. The SMILES string of the molecule is CN[SiH](CCCC(C)(C)C)NC. The van der Waals surface area contributed by atoms with Crippen LogP contribution < -0.4 is 9.96 Å². The van der Waals surface area contributed by atoms with Gasteiger partial charge in [0.25, 0.3) is 0 Å². The smallest absolute Gasteiger partial charge is 0.184 e. The van der Waals surface area contributed by atoms with Gasteiger partial charge in [-0.15, -0.1) is 0 Å². The van der Waals surface area contributed by atoms with E-state index in [1.165, 1.54) is 18.9 Å². The predicted octanol–water partition coefficient (Wildman–Crippen LogP) is 1.47. The summed E-state index contributed by atoms with van der Waals surface area (Å²) in [5, 5.41) is 0. The Labute approximate surface area is 78.9 Å². The molecule has 2 N–H and O–H groups in total. The van der Waals surface area contributed by atoms with Crippen LogP contribution in [0.5, 0.6) is 0 Å². The molecule has 2 nitrogen and oxygen atoms in total. The Kier molecular flexibility index (Phi) is 5.79. The molecule has 0 amide bonds. The molecule has 0 saturated heterocycles. The molecule has 0 aliphatic rings. The highest BCUT2D eigenvalue weighted by atomic mass is 28.3. The highest BCUT2D eigenvalue weighted by Crippen LogP contribution is 2.21. The predicted molar refractivity (Wildman–Crippen MR) is 58.8 cm³/mol. The van der Waals surface area contributed by atoms with E-state index in [2.05, 4.69) is 44.8 Å². The molecule has 0 aliphatic carbocycles. The molecule has 0 unspecified atom stereocenters. The summed E-state index contributed by atoms with van der Waals surface area (Å²) >= 11 is 0. The van der Waals surface area contributed by atoms with Crippen LogP contribution in [-0.4, -0.2) is 23.2 Å². The minimum Gasteiger partial charge on any atom is -0.331 e. The summed E-state index contributed by atoms with van der Waals surface area (Å²) in [5.74, 6) is 0. The monoisotopic (exact) mass is 188 g/mol. The molecule has 0 radical (unpaired) electrons. The van der Waals surface area contributed by atoms with Gasteiger partial charge in [0.05, 0.1) is 0 Å². The zero-order chi connectivity index (χ0) is 9.61. The molecule has 0 aromatic rings. The van der Waals surface area contributed by atoms with Gasteiger partial charge in [0.2, 0.25) is 0 Å². The summed E-state index contributed by atoms with van der Waals surface area (Å²) in [6.45, 7) is 6.92. The van der Waals surface area contributed by atoms with Crippen LogP contribution in [0.4, 0.5) is 0 Å². The summed E-state index contributed by atoms with van der Waals surface area (Å²) in [7, 11) is 3.34. The minimum atomic E-state index is -0.782. The molecule has 0 spiro atoms. The Morgan fingerprint density at radius 3 is 1.92 bits per heavy atom. The van der Waals surface area contributed by atoms with Gasteiger partial charge in [-0.25, -0.2) is 0 Å². The van der Waals surface area contributed by atoms with Crippen molar-refractivity contribution in [2.75, 3.05) is 14.1 Å². The summed E-state index contributed by atoms with van der Waals surface area (Å²) in [6, 6.07) is 1.35. The van der Waals surface area contributed by atoms with Gasteiger partial charge >= 0.3 is 0 Å². The number of rotatable bonds is 5. The fourth-order valence-corrected chi connectivity index (χ4v) is 2.75. The third kappa shape index (κ3) is 6.82. The van der Waals surface area contributed by atoms with Crippen LogP contribution in [0.15, 0.2) is 0 Å². The molecule has 0 rings (SSSR count). The first kappa shape index (κ1) is 12.1. The zero-order valence-electron chi connectivity index (χ0n) is 9.20. The van der Waals surface area contributed by atoms with E-state index in [-0.39, 0.29) is 0 Å². The fourth-order valence-electron chi connectivity index (χ4n) is 1.27. The second-order valence-corrected chi connectivity index (χ2v) is 7.42. The molecule has 0 aromatic carbocycles. The van der Waals surface area contributed by atoms with Crippen molar-refractivity contribution in [2.45, 2.75) is 39.7 Å². The second kappa shape index (κ2) is 5.73. The summed E-state index contributed by atoms with van der Waals surface area (Å²) in [6.07, 6.45) is 2.68. The van der Waals surface area contributed by atoms with E-state index in [1.807, 2.05) is 0 Å². The van der Waals surface area contributed by atoms with E-state index in [0.717, 1.165) is 0 Å². The Bertz CT molecular complexity index is 106. The van der Waals surface area contributed by atoms with Crippen molar-refractivity contribution in [3.8, 4) is 0 Å². The normalized spacial score (nSPS) is 12.5. The minimum absolute atomic E-state index is 0.500. The first-order valence-corrected chi connectivity index (χ1v) is 6.81. The van der Waals surface area contributed by atoms with Crippen LogP contribution in [0.2, 0.25) is 6.04 Å². The Morgan fingerprint density at radius 2 is 1.58 bits per heavy atom. The average Bonchev–Trinajstić information content (AvgIpc) is 1.96. The van der Waals surface area contributed by atoms with Gasteiger partial charge in [0.15, 0.2) is 9.12 Å². The van der Waals surface area contributed by atoms with Crippen molar-refractivity contribution in [2.24, 2.45) is 5.41 Å². The van der Waals surface area contributed by atoms with Gasteiger partial charge in [-0.05, 0) is 32.0 Å². The van der Waals surface area contributed by atoms with Crippen LogP contribution in [0, 0.1) is 5.41 Å². The van der Waals surface area contributed by atoms with Crippen LogP contribution in [0.3, 0.4) is 0 Å². The zero-order valence-corrected chi connectivity index (χ0v) is 10.4. The van der Waals surface area contributed by atoms with Crippen molar-refractivity contribution in [1.82, 2.24) is 9.96 Å². The Morgan fingerprint density at radius 1 is 1.08 bits per heavy atom. The molecule has 0 heterocycles. The highest BCUT2D eigenvalue weighted by Gasteiger charge is 2.11. The van der Waals surface area contributed by atoms with Crippen molar-refractivity contribution in [1.29, 1.82) is 0 Å². The van der Waals surface area contributed by atoms with Gasteiger partial charge in [0.1, 0.15) is 0 Å². The van der Waals surface area contributed by atoms with E-state index in [4.69, 9.17) is 0 Å². The number of hydrogen-bond donors (Lipinski definition) is 2. The first-order valence-electron chi connectivity index (χ1n) is 4.84. The lowest BCUT2D eigenvalue weighted by molar-refractivity contribution is 0.372. The van der Waals surface area contributed by atoms with Gasteiger partial charge in [-0.1, -0.05) is 27.2 Å². The lowest BCUT2D eigenvalue weighted by atomic mass is 9.91. The molecule has 0 aliphatic heterocycles. The third-order valence-electron chi connectivity index (χ3n) is 2.12. The molecule has 74 valence electrons. The maximum absolute atomic E-state index is 3.37. The molecule has 0 bridgehead atoms. The van der Waals surface area contributed by atoms with Crippen LogP contribution in [-0.2, 0) is 0 Å². The van der Waals surface area contributed by atoms with E-state index in [0.29, 0.717) is 5.41 Å². The van der Waals surface area contributed by atoms with Gasteiger partial charge in [-0.3, -0.25) is 0 Å². The number of hydrogen-bond acceptors (Lipinski definition) is 2. The highest BCUT2D eigenvalue weighted by molar-refractivity contribution is 6.53. The maximum atomic E-state index is 3.37. The first-order chi connectivity index (χ1) is 5.49. The molecule has 0 atom stereocenters. The van der Waals surface area contributed by atoms with Crippen LogP contribution in [0.25, 0.3) is 0 Å². The average molecular weight is 188 g/mol. The molecule has 12 heavy (non-hydrogen) atoms. The van der Waals surface area contributed by atoms with E-state index >= 15 is 0 Å². The molecule has 0 saturated carbocycles. The summed E-state index contributed by atoms with van der Waals surface area (Å²) in [5.41, 5.74) is 0.500. The van der Waals surface area contributed by atoms with Crippen LogP contribution >= 0.6 is 0 Å². The molecular formula is C9H24N2Si. The van der Waals surface area contributed by atoms with Crippen molar-refractivity contribution in [3.63, 3.8) is 0 Å². The van der Waals surface area contributed by atoms with Crippen molar-refractivity contribution >= 4 is 9.12 Å². The quantitative estimate of drug-likeness (QED) is 0.639. The topological polar surface area (TPSA) is 24.1 Å². The van der Waals surface area contributed by atoms with Gasteiger partial charge in [-0.2, -0.15) is 0 Å². The Hall–Kier alpha value is 0.137. The van der Waals surface area contributed by atoms with E-state index in [9.17, 15) is 0 Å². The summed E-state index contributed by atoms with van der Waals surface area (Å²) < 4.78 is 0. The van der Waals surface area contributed by atoms with Crippen LogP contribution in [0.1, 0.15) is 33.6 Å². The van der Waals surface area contributed by atoms with E-state index in [1.54, 1.807) is 0 Å². The number of nitrogens with one attached hydrogen (secondary N) is 2. The second-order valence-electron chi connectivity index (χ2n) is 4.58. The van der Waals surface area contributed by atoms with Gasteiger partial charge in [0, 0.05) is 0 Å². The van der Waals surface area contributed by atoms with E-state index < -0.39 is 9.12 Å². The van der Waals surface area contributed by atoms with Gasteiger partial charge < -0.3 is 9.96 Å². The third-order valence-corrected chi connectivity index (χ3v) is 4.50. The standard InChI is InChI=1S/C9H24N2Si/c1-9(2,3)7-6-8-12(10-4)11-5/h10-12H,6-8H2,1-5H3. The van der Waals surface area contributed by atoms with Crippen molar-refractivity contribution < 1.29 is 0 Å². The largest absolute Gasteiger partial charge is 0.331 e. The van der Waals surface area contributed by atoms with Crippen molar-refractivity contribution in [3.05, 3.63) is 0 Å². The maximum Gasteiger partial charge on any atom is 0.184 e. The molecule has 3 heteroatoms. The molecule has 0 aromatic heterocycles. The summed E-state index contributed by atoms with van der Waals surface area (Å²) in [4.78, 5) is 6.73. The Balaban J connectivity index is 3.41. The molecule has 0 fully saturated rings. The fraction of sp³-hybridized carbons (Fsp3) is 1.00. The lowest BCUT2D eigenvalue weighted by Gasteiger charge is -2.19. The molecular weight excluding hydrogens is 164 g/mol.